The molecule has 0 atom stereocenters. The van der Waals surface area contributed by atoms with E-state index in [1.165, 1.54) is 75.3 Å². The van der Waals surface area contributed by atoms with Crippen LogP contribution >= 0.6 is 0 Å². The van der Waals surface area contributed by atoms with E-state index in [2.05, 4.69) is 32.0 Å². The van der Waals surface area contributed by atoms with Gasteiger partial charge in [0.25, 0.3) is 0 Å². The molecule has 0 spiro atoms. The van der Waals surface area contributed by atoms with E-state index in [1.807, 2.05) is 0 Å². The highest BCUT2D eigenvalue weighted by atomic mass is 16.5. The van der Waals surface area contributed by atoms with Crippen molar-refractivity contribution in [1.29, 1.82) is 0 Å². The maximum Gasteiger partial charge on any atom is 0.314 e. The lowest BCUT2D eigenvalue weighted by atomic mass is 9.80. The Bertz CT molecular complexity index is 607. The highest BCUT2D eigenvalue weighted by Crippen LogP contribution is 2.39. The number of carbonyl (C=O) groups excluding carboxylic acids is 1. The average molecular weight is 385 g/mol. The molecule has 0 saturated heterocycles. The summed E-state index contributed by atoms with van der Waals surface area (Å²) in [5, 5.41) is 0. The van der Waals surface area contributed by atoms with Crippen molar-refractivity contribution >= 4 is 5.97 Å². The Kier molecular flexibility index (Phi) is 8.43. The van der Waals surface area contributed by atoms with Crippen LogP contribution in [0.5, 0.6) is 5.75 Å². The molecule has 0 heterocycles. The SMILES string of the molecule is CCCC[C@H]1CC[C@H](C(=O)Oc2ccc(CCC)cc2C2CCCCC2)CC1. The van der Waals surface area contributed by atoms with Crippen LogP contribution in [0.3, 0.4) is 0 Å². The summed E-state index contributed by atoms with van der Waals surface area (Å²) in [5.41, 5.74) is 2.69. The maximum absolute atomic E-state index is 12.9. The van der Waals surface area contributed by atoms with Crippen LogP contribution in [0.2, 0.25) is 0 Å². The Labute approximate surface area is 172 Å². The predicted molar refractivity (Wildman–Crippen MR) is 117 cm³/mol. The molecule has 2 aliphatic carbocycles. The number of benzene rings is 1. The number of unbranched alkanes of at least 4 members (excludes halogenated alkanes) is 1. The summed E-state index contributed by atoms with van der Waals surface area (Å²) < 4.78 is 6.05. The van der Waals surface area contributed by atoms with Crippen molar-refractivity contribution in [3.63, 3.8) is 0 Å². The van der Waals surface area contributed by atoms with E-state index in [1.54, 1.807) is 0 Å². The van der Waals surface area contributed by atoms with Crippen molar-refractivity contribution in [2.45, 2.75) is 110 Å². The van der Waals surface area contributed by atoms with Crippen molar-refractivity contribution in [3.05, 3.63) is 29.3 Å². The Hall–Kier alpha value is -1.31. The Balaban J connectivity index is 1.64. The first-order chi connectivity index (χ1) is 13.7. The molecule has 0 aromatic heterocycles. The van der Waals surface area contributed by atoms with Crippen LogP contribution in [0.4, 0.5) is 0 Å². The molecule has 0 radical (unpaired) electrons. The summed E-state index contributed by atoms with van der Waals surface area (Å²) in [6, 6.07) is 6.59. The minimum atomic E-state index is 0.0224. The van der Waals surface area contributed by atoms with Crippen LogP contribution in [0.15, 0.2) is 18.2 Å². The van der Waals surface area contributed by atoms with Crippen molar-refractivity contribution < 1.29 is 9.53 Å². The summed E-state index contributed by atoms with van der Waals surface area (Å²) in [4.78, 5) is 12.9. The number of aryl methyl sites for hydroxylation is 1. The molecule has 2 saturated carbocycles. The van der Waals surface area contributed by atoms with E-state index in [9.17, 15) is 4.79 Å². The van der Waals surface area contributed by atoms with E-state index in [-0.39, 0.29) is 11.9 Å². The largest absolute Gasteiger partial charge is 0.426 e. The van der Waals surface area contributed by atoms with Crippen molar-refractivity contribution in [2.24, 2.45) is 11.8 Å². The smallest absolute Gasteiger partial charge is 0.314 e. The number of carbonyl (C=O) groups is 1. The Morgan fingerprint density at radius 1 is 0.964 bits per heavy atom. The Morgan fingerprint density at radius 2 is 1.71 bits per heavy atom. The van der Waals surface area contributed by atoms with Gasteiger partial charge in [0.2, 0.25) is 0 Å². The van der Waals surface area contributed by atoms with Crippen LogP contribution in [-0.2, 0) is 11.2 Å². The van der Waals surface area contributed by atoms with E-state index in [0.29, 0.717) is 5.92 Å². The van der Waals surface area contributed by atoms with Crippen molar-refractivity contribution in [3.8, 4) is 5.75 Å². The fourth-order valence-corrected chi connectivity index (χ4v) is 5.24. The molecular formula is C26H40O2. The molecule has 3 rings (SSSR count). The average Bonchev–Trinajstić information content (AvgIpc) is 2.74. The standard InChI is InChI=1S/C26H40O2/c1-3-5-10-20-13-16-23(17-14-20)26(27)28-25-18-15-21(9-4-2)19-24(25)22-11-7-6-8-12-22/h15,18-20,22-23H,3-14,16-17H2,1-2H3/t20-,23-. The quantitative estimate of drug-likeness (QED) is 0.341. The van der Waals surface area contributed by atoms with Gasteiger partial charge in [-0.1, -0.05) is 70.9 Å². The highest BCUT2D eigenvalue weighted by molar-refractivity contribution is 5.75. The lowest BCUT2D eigenvalue weighted by molar-refractivity contribution is -0.140. The van der Waals surface area contributed by atoms with E-state index in [0.717, 1.165) is 37.4 Å². The second-order valence-corrected chi connectivity index (χ2v) is 9.24. The molecule has 1 aromatic carbocycles. The van der Waals surface area contributed by atoms with Gasteiger partial charge in [0.05, 0.1) is 5.92 Å². The zero-order chi connectivity index (χ0) is 19.8. The van der Waals surface area contributed by atoms with Gasteiger partial charge < -0.3 is 4.74 Å². The molecule has 0 N–H and O–H groups in total. The third kappa shape index (κ3) is 5.84. The van der Waals surface area contributed by atoms with Gasteiger partial charge >= 0.3 is 5.97 Å². The summed E-state index contributed by atoms with van der Waals surface area (Å²) in [5.74, 6) is 2.37. The summed E-state index contributed by atoms with van der Waals surface area (Å²) in [6.45, 7) is 4.49. The van der Waals surface area contributed by atoms with Crippen LogP contribution < -0.4 is 4.74 Å². The van der Waals surface area contributed by atoms with Crippen molar-refractivity contribution in [2.75, 3.05) is 0 Å². The monoisotopic (exact) mass is 384 g/mol. The number of esters is 1. The molecule has 2 fully saturated rings. The molecule has 2 aliphatic rings. The van der Waals surface area contributed by atoms with Gasteiger partial charge in [-0.25, -0.2) is 0 Å². The normalized spacial score (nSPS) is 23.5. The van der Waals surface area contributed by atoms with Crippen LogP contribution in [0.1, 0.15) is 114 Å². The third-order valence-electron chi connectivity index (χ3n) is 7.01. The second-order valence-electron chi connectivity index (χ2n) is 9.24. The van der Waals surface area contributed by atoms with Crippen LogP contribution in [0.25, 0.3) is 0 Å². The minimum absolute atomic E-state index is 0.0224. The maximum atomic E-state index is 12.9. The Morgan fingerprint density at radius 3 is 2.39 bits per heavy atom. The molecule has 0 aliphatic heterocycles. The van der Waals surface area contributed by atoms with E-state index >= 15 is 0 Å². The van der Waals surface area contributed by atoms with E-state index < -0.39 is 0 Å². The fraction of sp³-hybridized carbons (Fsp3) is 0.731. The lowest BCUT2D eigenvalue weighted by Crippen LogP contribution is -2.26. The van der Waals surface area contributed by atoms with Gasteiger partial charge in [0.15, 0.2) is 0 Å². The molecule has 2 nitrogen and oxygen atoms in total. The van der Waals surface area contributed by atoms with Gasteiger partial charge in [0.1, 0.15) is 5.75 Å². The van der Waals surface area contributed by atoms with Crippen LogP contribution in [0, 0.1) is 11.8 Å². The molecule has 0 amide bonds. The molecular weight excluding hydrogens is 344 g/mol. The van der Waals surface area contributed by atoms with E-state index in [4.69, 9.17) is 4.74 Å². The zero-order valence-corrected chi connectivity index (χ0v) is 18.2. The molecule has 28 heavy (non-hydrogen) atoms. The van der Waals surface area contributed by atoms with Crippen LogP contribution in [-0.4, -0.2) is 5.97 Å². The second kappa shape index (κ2) is 11.0. The van der Waals surface area contributed by atoms with Gasteiger partial charge in [-0.05, 0) is 74.0 Å². The third-order valence-corrected chi connectivity index (χ3v) is 7.01. The number of hydrogen-bond acceptors (Lipinski definition) is 2. The first-order valence-corrected chi connectivity index (χ1v) is 12.1. The summed E-state index contributed by atoms with van der Waals surface area (Å²) in [6.07, 6.45) is 17.1. The minimum Gasteiger partial charge on any atom is -0.426 e. The van der Waals surface area contributed by atoms with Crippen molar-refractivity contribution in [1.82, 2.24) is 0 Å². The number of hydrogen-bond donors (Lipinski definition) is 0. The summed E-state index contributed by atoms with van der Waals surface area (Å²) in [7, 11) is 0. The number of rotatable bonds is 8. The number of ether oxygens (including phenoxy) is 1. The molecule has 156 valence electrons. The molecule has 0 bridgehead atoms. The zero-order valence-electron chi connectivity index (χ0n) is 18.2. The van der Waals surface area contributed by atoms with Gasteiger partial charge in [0, 0.05) is 0 Å². The van der Waals surface area contributed by atoms with Gasteiger partial charge in [-0.15, -0.1) is 0 Å². The molecule has 1 aromatic rings. The molecule has 2 heteroatoms. The van der Waals surface area contributed by atoms with Gasteiger partial charge in [-0.3, -0.25) is 4.79 Å². The molecule has 0 unspecified atom stereocenters. The lowest BCUT2D eigenvalue weighted by Gasteiger charge is -2.28. The summed E-state index contributed by atoms with van der Waals surface area (Å²) >= 11 is 0. The highest BCUT2D eigenvalue weighted by Gasteiger charge is 2.29. The first-order valence-electron chi connectivity index (χ1n) is 12.1. The fourth-order valence-electron chi connectivity index (χ4n) is 5.24. The topological polar surface area (TPSA) is 26.3 Å². The predicted octanol–water partition coefficient (Wildman–Crippen LogP) is 7.59. The first kappa shape index (κ1) is 21.4. The van der Waals surface area contributed by atoms with Gasteiger partial charge in [-0.2, -0.15) is 0 Å².